The van der Waals surface area contributed by atoms with Crippen molar-refractivity contribution in [3.63, 3.8) is 0 Å². The largest absolute Gasteiger partial charge is 0.493 e. The molecule has 29 heavy (non-hydrogen) atoms. The number of rotatable bonds is 7. The fourth-order valence-electron chi connectivity index (χ4n) is 3.72. The Kier molecular flexibility index (Phi) is 5.68. The molecule has 154 valence electrons. The molecule has 3 heterocycles. The topological polar surface area (TPSA) is 82.7 Å². The Bertz CT molecular complexity index is 962. The van der Waals surface area contributed by atoms with Crippen LogP contribution in [0.25, 0.3) is 10.8 Å². The second-order valence-electron chi connectivity index (χ2n) is 6.87. The van der Waals surface area contributed by atoms with Crippen LogP contribution in [0.1, 0.15) is 36.0 Å². The first-order valence-electron chi connectivity index (χ1n) is 9.41. The van der Waals surface area contributed by atoms with Crippen molar-refractivity contribution < 1.29 is 18.6 Å². The van der Waals surface area contributed by atoms with E-state index in [0.717, 1.165) is 42.1 Å². The molecule has 0 N–H and O–H groups in total. The maximum absolute atomic E-state index is 6.02. The van der Waals surface area contributed by atoms with Crippen molar-refractivity contribution in [1.29, 1.82) is 0 Å². The van der Waals surface area contributed by atoms with E-state index >= 15 is 0 Å². The molecule has 8 nitrogen and oxygen atoms in total. The van der Waals surface area contributed by atoms with Gasteiger partial charge in [0.05, 0.1) is 38.6 Å². The molecule has 0 aliphatic carbocycles. The Balaban J connectivity index is 1.57. The summed E-state index contributed by atoms with van der Waals surface area (Å²) in [7, 11) is 4.86. The Hall–Kier alpha value is -2.65. The third-order valence-corrected chi connectivity index (χ3v) is 6.06. The minimum absolute atomic E-state index is 0.0866. The highest BCUT2D eigenvalue weighted by atomic mass is 32.1. The molecule has 0 spiro atoms. The van der Waals surface area contributed by atoms with Gasteiger partial charge >= 0.3 is 0 Å². The van der Waals surface area contributed by atoms with Gasteiger partial charge in [0.25, 0.3) is 5.89 Å². The lowest BCUT2D eigenvalue weighted by molar-refractivity contribution is 0.215. The molecule has 0 amide bonds. The molecule has 9 heteroatoms. The lowest BCUT2D eigenvalue weighted by atomic mass is 10.1. The molecule has 2 aromatic heterocycles. The van der Waals surface area contributed by atoms with Gasteiger partial charge < -0.3 is 18.6 Å². The molecule has 1 aliphatic heterocycles. The first-order chi connectivity index (χ1) is 14.1. The van der Waals surface area contributed by atoms with E-state index in [1.807, 2.05) is 19.1 Å². The van der Waals surface area contributed by atoms with E-state index in [-0.39, 0.29) is 6.04 Å². The maximum Gasteiger partial charge on any atom is 0.259 e. The monoisotopic (exact) mass is 416 g/mol. The predicted molar refractivity (Wildman–Crippen MR) is 109 cm³/mol. The fourth-order valence-corrected chi connectivity index (χ4v) is 4.45. The summed E-state index contributed by atoms with van der Waals surface area (Å²) >= 11 is 1.51. The molecule has 1 atom stereocenters. The predicted octanol–water partition coefficient (Wildman–Crippen LogP) is 3.86. The zero-order chi connectivity index (χ0) is 20.4. The minimum Gasteiger partial charge on any atom is -0.493 e. The minimum atomic E-state index is 0.0866. The van der Waals surface area contributed by atoms with E-state index in [1.54, 1.807) is 26.8 Å². The summed E-state index contributed by atoms with van der Waals surface area (Å²) in [5.74, 6) is 3.09. The van der Waals surface area contributed by atoms with Gasteiger partial charge in [-0.25, -0.2) is 4.98 Å². The van der Waals surface area contributed by atoms with Gasteiger partial charge in [-0.2, -0.15) is 0 Å². The van der Waals surface area contributed by atoms with Gasteiger partial charge in [-0.05, 0) is 44.0 Å². The number of nitrogens with zero attached hydrogens (tertiary/aromatic N) is 4. The molecule has 1 aliphatic rings. The van der Waals surface area contributed by atoms with Crippen LogP contribution in [-0.2, 0) is 6.54 Å². The third-order valence-electron chi connectivity index (χ3n) is 5.14. The molecule has 1 aromatic carbocycles. The zero-order valence-corrected chi connectivity index (χ0v) is 17.8. The normalized spacial score (nSPS) is 16.9. The lowest BCUT2D eigenvalue weighted by Gasteiger charge is -2.22. The van der Waals surface area contributed by atoms with Crippen molar-refractivity contribution in [2.24, 2.45) is 0 Å². The Morgan fingerprint density at radius 3 is 2.52 bits per heavy atom. The molecular formula is C20H24N4O4S. The van der Waals surface area contributed by atoms with Gasteiger partial charge in [0.1, 0.15) is 4.88 Å². The number of ether oxygens (including phenoxy) is 3. The Labute approximate surface area is 173 Å². The van der Waals surface area contributed by atoms with Crippen LogP contribution < -0.4 is 14.2 Å². The maximum atomic E-state index is 6.02. The van der Waals surface area contributed by atoms with E-state index in [4.69, 9.17) is 18.6 Å². The number of benzene rings is 1. The molecule has 0 bridgehead atoms. The molecular weight excluding hydrogens is 392 g/mol. The summed E-state index contributed by atoms with van der Waals surface area (Å²) in [6, 6.07) is 4.05. The summed E-state index contributed by atoms with van der Waals surface area (Å²) in [6.45, 7) is 3.62. The average molecular weight is 417 g/mol. The Morgan fingerprint density at radius 1 is 1.14 bits per heavy atom. The summed E-state index contributed by atoms with van der Waals surface area (Å²) in [5.41, 5.74) is 3.77. The van der Waals surface area contributed by atoms with Crippen LogP contribution in [0.15, 0.2) is 22.1 Å². The van der Waals surface area contributed by atoms with Gasteiger partial charge in [-0.3, -0.25) is 4.90 Å². The van der Waals surface area contributed by atoms with Crippen molar-refractivity contribution in [2.45, 2.75) is 32.4 Å². The van der Waals surface area contributed by atoms with Crippen molar-refractivity contribution in [3.05, 3.63) is 34.8 Å². The van der Waals surface area contributed by atoms with Crippen LogP contribution in [0, 0.1) is 6.92 Å². The van der Waals surface area contributed by atoms with Gasteiger partial charge in [-0.1, -0.05) is 0 Å². The molecule has 1 fully saturated rings. The highest BCUT2D eigenvalue weighted by molar-refractivity contribution is 7.13. The fraction of sp³-hybridized carbons (Fsp3) is 0.450. The molecule has 0 saturated carbocycles. The number of thiazole rings is 1. The van der Waals surface area contributed by atoms with Gasteiger partial charge in [-0.15, -0.1) is 21.5 Å². The summed E-state index contributed by atoms with van der Waals surface area (Å²) in [5, 5.41) is 8.59. The van der Waals surface area contributed by atoms with Crippen molar-refractivity contribution in [1.82, 2.24) is 20.1 Å². The van der Waals surface area contributed by atoms with Crippen molar-refractivity contribution >= 4 is 11.3 Å². The lowest BCUT2D eigenvalue weighted by Crippen LogP contribution is -2.23. The summed E-state index contributed by atoms with van der Waals surface area (Å²) in [4.78, 5) is 7.54. The highest BCUT2D eigenvalue weighted by Gasteiger charge is 2.31. The van der Waals surface area contributed by atoms with Crippen LogP contribution in [0.4, 0.5) is 0 Å². The molecule has 3 aromatic rings. The molecule has 0 unspecified atom stereocenters. The number of aromatic nitrogens is 3. The molecule has 4 rings (SSSR count). The van der Waals surface area contributed by atoms with Gasteiger partial charge in [0.15, 0.2) is 11.5 Å². The number of methoxy groups -OCH3 is 3. The number of hydrogen-bond acceptors (Lipinski definition) is 9. The van der Waals surface area contributed by atoms with Gasteiger partial charge in [0, 0.05) is 6.54 Å². The standard InChI is InChI=1S/C20H24N4O4S/c1-12-18(29-11-21-12)20-23-22-19(28-20)14-6-5-7-24(14)10-13-8-15(25-2)17(27-4)16(9-13)26-3/h8-9,11,14H,5-7,10H2,1-4H3/t14-/m0/s1. The number of hydrogen-bond donors (Lipinski definition) is 0. The van der Waals surface area contributed by atoms with E-state index in [1.165, 1.54) is 11.3 Å². The van der Waals surface area contributed by atoms with E-state index in [9.17, 15) is 0 Å². The molecule has 0 radical (unpaired) electrons. The number of likely N-dealkylation sites (tertiary alicyclic amines) is 1. The first kappa shape index (κ1) is 19.7. The van der Waals surface area contributed by atoms with E-state index in [2.05, 4.69) is 20.1 Å². The second kappa shape index (κ2) is 8.38. The quantitative estimate of drug-likeness (QED) is 0.574. The summed E-state index contributed by atoms with van der Waals surface area (Å²) in [6.07, 6.45) is 2.06. The second-order valence-corrected chi connectivity index (χ2v) is 7.73. The van der Waals surface area contributed by atoms with E-state index < -0.39 is 0 Å². The SMILES string of the molecule is COc1cc(CN2CCC[C@H]2c2nnc(-c3scnc3C)o2)cc(OC)c1OC. The molecule has 1 saturated heterocycles. The van der Waals surface area contributed by atoms with Crippen LogP contribution in [-0.4, -0.2) is 48.0 Å². The van der Waals surface area contributed by atoms with Crippen LogP contribution in [0.5, 0.6) is 17.2 Å². The first-order valence-corrected chi connectivity index (χ1v) is 10.3. The Morgan fingerprint density at radius 2 is 1.90 bits per heavy atom. The van der Waals surface area contributed by atoms with Crippen molar-refractivity contribution in [3.8, 4) is 28.0 Å². The van der Waals surface area contributed by atoms with Crippen LogP contribution in [0.3, 0.4) is 0 Å². The van der Waals surface area contributed by atoms with E-state index in [0.29, 0.717) is 29.0 Å². The smallest absolute Gasteiger partial charge is 0.259 e. The summed E-state index contributed by atoms with van der Waals surface area (Å²) < 4.78 is 22.4. The van der Waals surface area contributed by atoms with Crippen LogP contribution in [0.2, 0.25) is 0 Å². The highest BCUT2D eigenvalue weighted by Crippen LogP contribution is 2.40. The van der Waals surface area contributed by atoms with Crippen molar-refractivity contribution in [2.75, 3.05) is 27.9 Å². The number of aryl methyl sites for hydroxylation is 1. The zero-order valence-electron chi connectivity index (χ0n) is 17.0. The van der Waals surface area contributed by atoms with Crippen LogP contribution >= 0.6 is 11.3 Å². The average Bonchev–Trinajstić information content (AvgIpc) is 3.47. The van der Waals surface area contributed by atoms with Gasteiger partial charge in [0.2, 0.25) is 11.6 Å². The third kappa shape index (κ3) is 3.79.